The van der Waals surface area contributed by atoms with E-state index in [0.29, 0.717) is 3.63 Å². The Morgan fingerprint density at radius 1 is 0.862 bits per heavy atom. The van der Waals surface area contributed by atoms with Crippen LogP contribution in [0.2, 0.25) is 21.7 Å². The van der Waals surface area contributed by atoms with Crippen LogP contribution < -0.4 is 0 Å². The van der Waals surface area contributed by atoms with Gasteiger partial charge in [0.25, 0.3) is 0 Å². The fourth-order valence-corrected chi connectivity index (χ4v) is 25.9. The van der Waals surface area contributed by atoms with Gasteiger partial charge in [0, 0.05) is 0 Å². The Balaban J connectivity index is 1.91. The van der Waals surface area contributed by atoms with E-state index in [2.05, 4.69) is 89.3 Å². The van der Waals surface area contributed by atoms with Gasteiger partial charge in [-0.25, -0.2) is 0 Å². The van der Waals surface area contributed by atoms with Crippen molar-refractivity contribution in [3.05, 3.63) is 98.6 Å². The molecule has 1 unspecified atom stereocenters. The Bertz CT molecular complexity index is 1100. The van der Waals surface area contributed by atoms with Crippen molar-refractivity contribution in [2.45, 2.75) is 48.0 Å². The molecule has 0 aliphatic heterocycles. The topological polar surface area (TPSA) is 0 Å². The van der Waals surface area contributed by atoms with Gasteiger partial charge in [-0.3, -0.25) is 0 Å². The second kappa shape index (κ2) is 8.29. The van der Waals surface area contributed by atoms with Gasteiger partial charge in [0.1, 0.15) is 0 Å². The average Bonchev–Trinajstić information content (AvgIpc) is 3.16. The molecule has 0 saturated heterocycles. The van der Waals surface area contributed by atoms with Crippen LogP contribution in [0.4, 0.5) is 0 Å². The molecule has 2 aromatic rings. The van der Waals surface area contributed by atoms with Gasteiger partial charge >= 0.3 is 190 Å². The summed E-state index contributed by atoms with van der Waals surface area (Å²) in [5, 5.41) is 0.818. The first-order chi connectivity index (χ1) is 13.8. The summed E-state index contributed by atoms with van der Waals surface area (Å²) in [6, 6.07) is 17.5. The van der Waals surface area contributed by atoms with E-state index in [1.54, 1.807) is 27.9 Å². The zero-order valence-corrected chi connectivity index (χ0v) is 22.4. The molecular weight excluding hydrogens is 467 g/mol. The molecule has 0 saturated carbocycles. The predicted molar refractivity (Wildman–Crippen MR) is 126 cm³/mol. The van der Waals surface area contributed by atoms with Gasteiger partial charge in [0.2, 0.25) is 0 Å². The molecule has 0 bridgehead atoms. The number of hydrogen-bond donors (Lipinski definition) is 0. The quantitative estimate of drug-likeness (QED) is 0.376. The molecule has 29 heavy (non-hydrogen) atoms. The van der Waals surface area contributed by atoms with Gasteiger partial charge in [-0.05, 0) is 0 Å². The fraction of sp³-hybridized carbons (Fsp3) is 0.308. The molecule has 2 aromatic carbocycles. The molecule has 0 spiro atoms. The fourth-order valence-electron chi connectivity index (χ4n) is 5.12. The molecule has 0 aromatic heterocycles. The Kier molecular flexibility index (Phi) is 6.09. The van der Waals surface area contributed by atoms with Crippen LogP contribution in [-0.4, -0.2) is 5.43 Å². The number of fused-ring (bicyclic) bond motifs is 1. The van der Waals surface area contributed by atoms with Crippen LogP contribution in [0.5, 0.6) is 0 Å². The summed E-state index contributed by atoms with van der Waals surface area (Å²) >= 11 is 4.47. The Hall–Kier alpha value is -0.950. The maximum atomic E-state index is 6.35. The zero-order chi connectivity index (χ0) is 20.9. The van der Waals surface area contributed by atoms with Crippen molar-refractivity contribution in [3.8, 4) is 0 Å². The van der Waals surface area contributed by atoms with E-state index in [1.165, 1.54) is 16.7 Å². The van der Waals surface area contributed by atoms with E-state index in [9.17, 15) is 0 Å². The minimum atomic E-state index is -1.88. The molecule has 0 N–H and O–H groups in total. The van der Waals surface area contributed by atoms with Crippen LogP contribution in [0.3, 0.4) is 0 Å². The number of halogens is 1. The molecule has 2 aliphatic rings. The van der Waals surface area contributed by atoms with Gasteiger partial charge in [-0.2, -0.15) is 0 Å². The monoisotopic (exact) mass is 494 g/mol. The number of allylic oxidation sites excluding steroid dienone is 5. The number of benzene rings is 2. The Labute approximate surface area is 188 Å². The van der Waals surface area contributed by atoms with Crippen molar-refractivity contribution in [3.63, 3.8) is 0 Å². The van der Waals surface area contributed by atoms with Crippen LogP contribution in [0.25, 0.3) is 5.57 Å². The van der Waals surface area contributed by atoms with E-state index in [-0.39, 0.29) is 5.43 Å². The molecule has 0 fully saturated rings. The van der Waals surface area contributed by atoms with Crippen LogP contribution in [0.1, 0.15) is 48.0 Å². The standard InChI is InChI=1S/C15H10Cl.C9H13.C2H6Si.Zr/c16-13-6-3-5-12(10-13)15-9-8-11-4-1-2-7-14(11)15;1-6-5-7(2)9(4)8(6)3;1-3-2;/h1-10H;5H,1-4H3;1-2H3;. The van der Waals surface area contributed by atoms with Crippen molar-refractivity contribution in [1.82, 2.24) is 0 Å². The second-order valence-electron chi connectivity index (χ2n) is 8.66. The van der Waals surface area contributed by atoms with Gasteiger partial charge in [-0.1, -0.05) is 0 Å². The molecule has 4 rings (SSSR count). The molecule has 0 heterocycles. The van der Waals surface area contributed by atoms with Crippen molar-refractivity contribution in [1.29, 1.82) is 0 Å². The molecule has 0 nitrogen and oxygen atoms in total. The van der Waals surface area contributed by atoms with Crippen molar-refractivity contribution in [2.75, 3.05) is 0 Å². The van der Waals surface area contributed by atoms with Gasteiger partial charge in [0.15, 0.2) is 0 Å². The summed E-state index contributed by atoms with van der Waals surface area (Å²) in [7, 11) is 0. The van der Waals surface area contributed by atoms with E-state index in [4.69, 9.17) is 11.6 Å². The van der Waals surface area contributed by atoms with Crippen LogP contribution in [0, 0.1) is 0 Å². The van der Waals surface area contributed by atoms with E-state index in [0.717, 1.165) is 8.65 Å². The van der Waals surface area contributed by atoms with Gasteiger partial charge in [-0.15, -0.1) is 0 Å². The summed E-state index contributed by atoms with van der Waals surface area (Å²) in [4.78, 5) is 0. The Morgan fingerprint density at radius 2 is 1.52 bits per heavy atom. The van der Waals surface area contributed by atoms with Crippen LogP contribution in [0.15, 0.2) is 76.9 Å². The zero-order valence-electron chi connectivity index (χ0n) is 18.2. The summed E-state index contributed by atoms with van der Waals surface area (Å²) in [5.74, 6) is 0. The van der Waals surface area contributed by atoms with E-state index < -0.39 is 20.4 Å². The molecule has 0 amide bonds. The first-order valence-electron chi connectivity index (χ1n) is 10.4. The summed E-state index contributed by atoms with van der Waals surface area (Å²) in [6.07, 6.45) is 2.63. The number of rotatable bonds is 3. The van der Waals surface area contributed by atoms with Crippen molar-refractivity contribution >= 4 is 22.6 Å². The predicted octanol–water partition coefficient (Wildman–Crippen LogP) is 8.17. The minimum absolute atomic E-state index is 0.347. The third-order valence-electron chi connectivity index (χ3n) is 6.89. The van der Waals surface area contributed by atoms with Crippen molar-refractivity contribution < 1.29 is 20.4 Å². The second-order valence-corrected chi connectivity index (χ2v) is 27.1. The number of hydrogen-bond acceptors (Lipinski definition) is 0. The third kappa shape index (κ3) is 3.67. The molecule has 1 atom stereocenters. The molecule has 148 valence electrons. The molecule has 3 heteroatoms. The van der Waals surface area contributed by atoms with Crippen LogP contribution >= 0.6 is 11.6 Å². The molecule has 2 aliphatic carbocycles. The summed E-state index contributed by atoms with van der Waals surface area (Å²) in [6.45, 7) is 14.7. The third-order valence-corrected chi connectivity index (χ3v) is 26.8. The van der Waals surface area contributed by atoms with Crippen LogP contribution in [-0.2, 0) is 20.4 Å². The van der Waals surface area contributed by atoms with Crippen molar-refractivity contribution in [2.24, 2.45) is 0 Å². The van der Waals surface area contributed by atoms with Gasteiger partial charge < -0.3 is 0 Å². The van der Waals surface area contributed by atoms with E-state index in [1.807, 2.05) is 6.07 Å². The summed E-state index contributed by atoms with van der Waals surface area (Å²) in [5.41, 5.74) is 11.8. The Morgan fingerprint density at radius 3 is 2.14 bits per heavy atom. The first-order valence-corrected chi connectivity index (χ1v) is 19.8. The SMILES string of the molecule is CC1=C(C)[CH]([Zr]([CH]2C=C(c3cccc(Cl)c3)c3ccccc32)=[Si](C)C)C(C)=C1C. The molecular formula is C26H29ClSiZr. The molecule has 0 radical (unpaired) electrons. The first kappa shape index (κ1) is 21.3. The van der Waals surface area contributed by atoms with Gasteiger partial charge in [0.05, 0.1) is 0 Å². The summed E-state index contributed by atoms with van der Waals surface area (Å²) < 4.78 is 1.41. The average molecular weight is 496 g/mol. The normalized spacial score (nSPS) is 19.0. The van der Waals surface area contributed by atoms with E-state index >= 15 is 0 Å². The maximum absolute atomic E-state index is 6.35.